The van der Waals surface area contributed by atoms with Crippen molar-refractivity contribution in [3.05, 3.63) is 46.2 Å². The maximum atomic E-state index is 13.8. The van der Waals surface area contributed by atoms with E-state index in [9.17, 15) is 32.7 Å². The summed E-state index contributed by atoms with van der Waals surface area (Å²) in [4.78, 5) is 55.0. The third kappa shape index (κ3) is 5.95. The molecule has 2 atom stereocenters. The molecule has 3 aromatic rings. The molecule has 7 rings (SSSR count). The number of piperidine rings is 1. The maximum absolute atomic E-state index is 13.8. The standard InChI is InChI=1S/C31H34F3N7O4S/c32-31(33,34)30(8-9-30)19-2-3-21-18(13-19)14-23-27(37-21)46-28(38-23)26(44)36-22(7-12-40-10-5-20(42)6-11-40)17-1-4-24(35-15-17)41-16-25(43)39-29(41)45/h1,4,14-15,19-20,22,42H,2-3,5-13,16H2,(H,36,44)(H,39,43,45)/t19?,22-/m1/s1. The smallest absolute Gasteiger partial charge is 0.393 e. The largest absolute Gasteiger partial charge is 0.394 e. The molecule has 0 bridgehead atoms. The zero-order valence-corrected chi connectivity index (χ0v) is 25.8. The lowest BCUT2D eigenvalue weighted by Gasteiger charge is -2.32. The fraction of sp³-hybridized carbons (Fsp3) is 0.548. The number of thiazole rings is 1. The Morgan fingerprint density at radius 2 is 1.96 bits per heavy atom. The van der Waals surface area contributed by atoms with Crippen LogP contribution in [0.1, 0.15) is 71.2 Å². The van der Waals surface area contributed by atoms with Crippen LogP contribution in [0.25, 0.3) is 10.3 Å². The summed E-state index contributed by atoms with van der Waals surface area (Å²) in [5.74, 6) is -0.967. The Morgan fingerprint density at radius 3 is 2.61 bits per heavy atom. The van der Waals surface area contributed by atoms with Crippen LogP contribution in [0.4, 0.5) is 23.8 Å². The van der Waals surface area contributed by atoms with E-state index in [4.69, 9.17) is 4.98 Å². The molecule has 2 aliphatic heterocycles. The summed E-state index contributed by atoms with van der Waals surface area (Å²) in [6, 6.07) is 4.19. The summed E-state index contributed by atoms with van der Waals surface area (Å²) in [7, 11) is 0. The number of alkyl halides is 3. The van der Waals surface area contributed by atoms with Crippen molar-refractivity contribution in [3.63, 3.8) is 0 Å². The molecule has 3 N–H and O–H groups in total. The number of nitrogens with zero attached hydrogens (tertiary/aromatic N) is 5. The van der Waals surface area contributed by atoms with E-state index in [1.807, 2.05) is 0 Å². The number of aromatic nitrogens is 3. The van der Waals surface area contributed by atoms with Gasteiger partial charge >= 0.3 is 12.2 Å². The van der Waals surface area contributed by atoms with Gasteiger partial charge < -0.3 is 15.3 Å². The lowest BCUT2D eigenvalue weighted by atomic mass is 9.76. The topological polar surface area (TPSA) is 141 Å². The zero-order chi connectivity index (χ0) is 32.2. The van der Waals surface area contributed by atoms with E-state index < -0.39 is 41.4 Å². The first-order valence-electron chi connectivity index (χ1n) is 15.6. The van der Waals surface area contributed by atoms with Crippen LogP contribution >= 0.6 is 11.3 Å². The number of carbonyl (C=O) groups excluding carboxylic acids is 3. The van der Waals surface area contributed by atoms with Gasteiger partial charge in [0.05, 0.1) is 17.6 Å². The minimum absolute atomic E-state index is 0.120. The number of imide groups is 1. The number of hydrogen-bond acceptors (Lipinski definition) is 9. The van der Waals surface area contributed by atoms with Gasteiger partial charge in [-0.25, -0.2) is 19.7 Å². The highest BCUT2D eigenvalue weighted by molar-refractivity contribution is 7.19. The average Bonchev–Trinajstić information content (AvgIpc) is 3.65. The zero-order valence-electron chi connectivity index (χ0n) is 25.0. The SMILES string of the molecule is O=C1CN(c2ccc([C@@H](CCN3CCC(O)CC3)NC(=O)c3nc4cc5c(nc4s3)CCC(C3(C(F)(F)F)CC3)C5)cn2)C(=O)N1. The van der Waals surface area contributed by atoms with Crippen LogP contribution in [-0.2, 0) is 17.6 Å². The van der Waals surface area contributed by atoms with Crippen molar-refractivity contribution in [2.75, 3.05) is 31.1 Å². The van der Waals surface area contributed by atoms with E-state index in [0.29, 0.717) is 66.8 Å². The van der Waals surface area contributed by atoms with Crippen LogP contribution in [-0.4, -0.2) is 81.3 Å². The summed E-state index contributed by atoms with van der Waals surface area (Å²) in [6.45, 7) is 2.04. The normalized spacial score (nSPS) is 22.5. The van der Waals surface area contributed by atoms with E-state index in [-0.39, 0.29) is 30.5 Å². The molecule has 3 aromatic heterocycles. The number of likely N-dealkylation sites (tertiary alicyclic amines) is 1. The number of halogens is 3. The lowest BCUT2D eigenvalue weighted by Crippen LogP contribution is -2.38. The number of aliphatic hydroxyl groups excluding tert-OH is 1. The number of rotatable bonds is 8. The second kappa shape index (κ2) is 11.8. The van der Waals surface area contributed by atoms with Gasteiger partial charge in [0.2, 0.25) is 5.91 Å². The van der Waals surface area contributed by atoms with Crippen LogP contribution in [0, 0.1) is 11.3 Å². The maximum Gasteiger partial charge on any atom is 0.394 e. The Balaban J connectivity index is 1.09. The molecule has 1 saturated carbocycles. The highest BCUT2D eigenvalue weighted by atomic mass is 32.1. The molecule has 1 unspecified atom stereocenters. The number of aryl methyl sites for hydroxylation is 1. The number of fused-ring (bicyclic) bond motifs is 2. The highest BCUT2D eigenvalue weighted by Crippen LogP contribution is 2.64. The molecule has 11 nitrogen and oxygen atoms in total. The molecule has 46 heavy (non-hydrogen) atoms. The summed E-state index contributed by atoms with van der Waals surface area (Å²) < 4.78 is 41.4. The number of hydrogen-bond donors (Lipinski definition) is 3. The Hall–Kier alpha value is -3.69. The van der Waals surface area contributed by atoms with E-state index in [0.717, 1.165) is 35.7 Å². The molecule has 4 aliphatic rings. The minimum Gasteiger partial charge on any atom is -0.393 e. The monoisotopic (exact) mass is 657 g/mol. The first kappa shape index (κ1) is 30.9. The number of anilines is 1. The fourth-order valence-electron chi connectivity index (χ4n) is 7.03. The van der Waals surface area contributed by atoms with E-state index in [2.05, 4.69) is 25.5 Å². The van der Waals surface area contributed by atoms with Crippen molar-refractivity contribution in [2.45, 2.75) is 69.7 Å². The van der Waals surface area contributed by atoms with Crippen molar-refractivity contribution in [3.8, 4) is 0 Å². The van der Waals surface area contributed by atoms with Gasteiger partial charge in [-0.05, 0) is 80.5 Å². The Morgan fingerprint density at radius 1 is 1.17 bits per heavy atom. The predicted molar refractivity (Wildman–Crippen MR) is 162 cm³/mol. The quantitative estimate of drug-likeness (QED) is 0.310. The van der Waals surface area contributed by atoms with E-state index in [1.54, 1.807) is 24.4 Å². The summed E-state index contributed by atoms with van der Waals surface area (Å²) in [6.07, 6.45) is 0.569. The number of amides is 4. The third-order valence-corrected chi connectivity index (χ3v) is 10.9. The fourth-order valence-corrected chi connectivity index (χ4v) is 7.87. The van der Waals surface area contributed by atoms with Crippen molar-refractivity contribution >= 4 is 45.3 Å². The summed E-state index contributed by atoms with van der Waals surface area (Å²) >= 11 is 1.15. The van der Waals surface area contributed by atoms with Crippen molar-refractivity contribution < 1.29 is 32.7 Å². The van der Waals surface area contributed by atoms with Gasteiger partial charge in [-0.2, -0.15) is 13.2 Å². The number of aliphatic hydroxyl groups is 1. The number of nitrogens with one attached hydrogen (secondary N) is 2. The van der Waals surface area contributed by atoms with E-state index >= 15 is 0 Å². The second-order valence-electron chi connectivity index (χ2n) is 12.8. The minimum atomic E-state index is -4.21. The molecule has 0 radical (unpaired) electrons. The lowest BCUT2D eigenvalue weighted by molar-refractivity contribution is -0.204. The van der Waals surface area contributed by atoms with Crippen molar-refractivity contribution in [1.29, 1.82) is 0 Å². The molecule has 5 heterocycles. The molecular formula is C31H34F3N7O4S. The third-order valence-electron chi connectivity index (χ3n) is 9.92. The van der Waals surface area contributed by atoms with Crippen molar-refractivity contribution in [1.82, 2.24) is 30.5 Å². The van der Waals surface area contributed by atoms with E-state index in [1.165, 1.54) is 4.90 Å². The number of pyridine rings is 2. The Kier molecular flexibility index (Phi) is 7.96. The van der Waals surface area contributed by atoms with Gasteiger partial charge in [0, 0.05) is 31.5 Å². The molecule has 2 aliphatic carbocycles. The van der Waals surface area contributed by atoms with Crippen LogP contribution in [0.2, 0.25) is 0 Å². The van der Waals surface area contributed by atoms with Crippen LogP contribution in [0.15, 0.2) is 24.4 Å². The number of urea groups is 1. The molecular weight excluding hydrogens is 623 g/mol. The molecule has 244 valence electrons. The average molecular weight is 658 g/mol. The molecule has 15 heteroatoms. The molecule has 2 saturated heterocycles. The van der Waals surface area contributed by atoms with Gasteiger partial charge in [0.1, 0.15) is 22.7 Å². The highest BCUT2D eigenvalue weighted by Gasteiger charge is 2.66. The number of carbonyl (C=O) groups is 3. The second-order valence-corrected chi connectivity index (χ2v) is 13.8. The van der Waals surface area contributed by atoms with Crippen LogP contribution in [0.3, 0.4) is 0 Å². The summed E-state index contributed by atoms with van der Waals surface area (Å²) in [5, 5.41) is 15.4. The molecule has 4 amide bonds. The first-order valence-corrected chi connectivity index (χ1v) is 16.5. The first-order chi connectivity index (χ1) is 22.0. The van der Waals surface area contributed by atoms with Crippen LogP contribution < -0.4 is 15.5 Å². The molecule has 0 aromatic carbocycles. The Bertz CT molecular complexity index is 1670. The van der Waals surface area contributed by atoms with Crippen molar-refractivity contribution in [2.24, 2.45) is 11.3 Å². The summed E-state index contributed by atoms with van der Waals surface area (Å²) in [5.41, 5.74) is 1.18. The van der Waals surface area contributed by atoms with Gasteiger partial charge in [0.25, 0.3) is 5.91 Å². The molecule has 3 fully saturated rings. The van der Waals surface area contributed by atoms with Gasteiger partial charge in [-0.15, -0.1) is 0 Å². The molecule has 0 spiro atoms. The van der Waals surface area contributed by atoms with Crippen LogP contribution in [0.5, 0.6) is 0 Å². The predicted octanol–water partition coefficient (Wildman–Crippen LogP) is 3.91. The van der Waals surface area contributed by atoms with Gasteiger partial charge in [-0.3, -0.25) is 19.8 Å². The van der Waals surface area contributed by atoms with Gasteiger partial charge in [-0.1, -0.05) is 17.4 Å². The Labute approximate surface area is 266 Å². The van der Waals surface area contributed by atoms with Gasteiger partial charge in [0.15, 0.2) is 5.01 Å².